The number of aryl methyl sites for hydroxylation is 1. The molecule has 0 unspecified atom stereocenters. The lowest BCUT2D eigenvalue weighted by Crippen LogP contribution is -2.36. The predicted molar refractivity (Wildman–Crippen MR) is 73.5 cm³/mol. The summed E-state index contributed by atoms with van der Waals surface area (Å²) in [5.74, 6) is 1.76. The average molecular weight is 267 g/mol. The summed E-state index contributed by atoms with van der Waals surface area (Å²) in [4.78, 5) is 16.2. The SMILES string of the molecule is CC(C)CCc1noc([C@H](C)NC(=O)C(C)(C)C)n1. The standard InChI is InChI=1S/C14H25N3O2/c1-9(2)7-8-11-16-12(19-17-11)10(3)15-13(18)14(4,5)6/h9-10H,7-8H2,1-6H3,(H,15,18)/t10-/m0/s1. The summed E-state index contributed by atoms with van der Waals surface area (Å²) < 4.78 is 5.20. The van der Waals surface area contributed by atoms with Gasteiger partial charge in [0.1, 0.15) is 6.04 Å². The molecule has 108 valence electrons. The van der Waals surface area contributed by atoms with Crippen LogP contribution in [0.15, 0.2) is 4.52 Å². The van der Waals surface area contributed by atoms with E-state index in [9.17, 15) is 4.79 Å². The summed E-state index contributed by atoms with van der Waals surface area (Å²) >= 11 is 0. The van der Waals surface area contributed by atoms with Crippen molar-refractivity contribution < 1.29 is 9.32 Å². The molecule has 0 bridgehead atoms. The Hall–Kier alpha value is -1.39. The van der Waals surface area contributed by atoms with E-state index in [1.165, 1.54) is 0 Å². The van der Waals surface area contributed by atoms with Gasteiger partial charge >= 0.3 is 0 Å². The number of aromatic nitrogens is 2. The van der Waals surface area contributed by atoms with Crippen molar-refractivity contribution >= 4 is 5.91 Å². The molecule has 1 aromatic heterocycles. The highest BCUT2D eigenvalue weighted by Crippen LogP contribution is 2.17. The van der Waals surface area contributed by atoms with Crippen LogP contribution in [-0.4, -0.2) is 16.0 Å². The van der Waals surface area contributed by atoms with Crippen molar-refractivity contribution in [1.29, 1.82) is 0 Å². The van der Waals surface area contributed by atoms with Crippen molar-refractivity contribution in [3.05, 3.63) is 11.7 Å². The van der Waals surface area contributed by atoms with E-state index in [2.05, 4.69) is 29.3 Å². The summed E-state index contributed by atoms with van der Waals surface area (Å²) in [7, 11) is 0. The van der Waals surface area contributed by atoms with Crippen LogP contribution in [0.2, 0.25) is 0 Å². The summed E-state index contributed by atoms with van der Waals surface area (Å²) in [6, 6.07) is -0.257. The third-order valence-electron chi connectivity index (χ3n) is 2.83. The van der Waals surface area contributed by atoms with E-state index in [1.54, 1.807) is 0 Å². The molecule has 1 heterocycles. The smallest absolute Gasteiger partial charge is 0.248 e. The van der Waals surface area contributed by atoms with E-state index in [0.29, 0.717) is 17.6 Å². The molecule has 1 rings (SSSR count). The van der Waals surface area contributed by atoms with Gasteiger partial charge in [0.15, 0.2) is 5.82 Å². The fourth-order valence-corrected chi connectivity index (χ4v) is 1.44. The maximum Gasteiger partial charge on any atom is 0.248 e. The number of carbonyl (C=O) groups excluding carboxylic acids is 1. The molecule has 0 aliphatic carbocycles. The molecule has 1 aromatic rings. The van der Waals surface area contributed by atoms with Crippen LogP contribution in [0.1, 0.15) is 65.7 Å². The lowest BCUT2D eigenvalue weighted by molar-refractivity contribution is -0.129. The highest BCUT2D eigenvalue weighted by atomic mass is 16.5. The Kier molecular flexibility index (Phi) is 5.09. The Bertz CT molecular complexity index is 419. The van der Waals surface area contributed by atoms with Crippen molar-refractivity contribution in [2.24, 2.45) is 11.3 Å². The molecule has 0 spiro atoms. The number of nitrogens with one attached hydrogen (secondary N) is 1. The fraction of sp³-hybridized carbons (Fsp3) is 0.786. The van der Waals surface area contributed by atoms with Crippen LogP contribution < -0.4 is 5.32 Å². The molecule has 5 nitrogen and oxygen atoms in total. The zero-order valence-corrected chi connectivity index (χ0v) is 12.8. The average Bonchev–Trinajstić information content (AvgIpc) is 2.73. The number of hydrogen-bond acceptors (Lipinski definition) is 4. The van der Waals surface area contributed by atoms with Crippen molar-refractivity contribution in [2.45, 2.75) is 60.4 Å². The first-order chi connectivity index (χ1) is 8.70. The topological polar surface area (TPSA) is 68.0 Å². The Morgan fingerprint density at radius 1 is 1.32 bits per heavy atom. The molecule has 0 aromatic carbocycles. The molecule has 0 aliphatic rings. The number of carbonyl (C=O) groups is 1. The minimum absolute atomic E-state index is 0.0260. The van der Waals surface area contributed by atoms with Gasteiger partial charge in [0.2, 0.25) is 11.8 Å². The monoisotopic (exact) mass is 267 g/mol. The number of nitrogens with zero attached hydrogens (tertiary/aromatic N) is 2. The van der Waals surface area contributed by atoms with Gasteiger partial charge in [-0.15, -0.1) is 0 Å². The number of rotatable bonds is 5. The molecule has 0 aliphatic heterocycles. The Morgan fingerprint density at radius 2 is 1.95 bits per heavy atom. The molecule has 0 fully saturated rings. The van der Waals surface area contributed by atoms with Gasteiger partial charge in [-0.25, -0.2) is 0 Å². The van der Waals surface area contributed by atoms with E-state index in [0.717, 1.165) is 12.8 Å². The summed E-state index contributed by atoms with van der Waals surface area (Å²) in [6.45, 7) is 11.8. The molecule has 1 amide bonds. The Labute approximate surface area is 115 Å². The quantitative estimate of drug-likeness (QED) is 0.890. The van der Waals surface area contributed by atoms with Crippen LogP contribution in [0.3, 0.4) is 0 Å². The van der Waals surface area contributed by atoms with Gasteiger partial charge in [-0.1, -0.05) is 39.8 Å². The Morgan fingerprint density at radius 3 is 2.47 bits per heavy atom. The van der Waals surface area contributed by atoms with E-state index in [4.69, 9.17) is 4.52 Å². The lowest BCUT2D eigenvalue weighted by atomic mass is 9.95. The van der Waals surface area contributed by atoms with Crippen molar-refractivity contribution in [1.82, 2.24) is 15.5 Å². The normalized spacial score (nSPS) is 13.6. The van der Waals surface area contributed by atoms with Crippen LogP contribution >= 0.6 is 0 Å². The molecule has 0 saturated heterocycles. The first-order valence-electron chi connectivity index (χ1n) is 6.83. The van der Waals surface area contributed by atoms with E-state index < -0.39 is 5.41 Å². The maximum absolute atomic E-state index is 11.9. The van der Waals surface area contributed by atoms with Crippen LogP contribution in [0.25, 0.3) is 0 Å². The molecule has 1 atom stereocenters. The molecule has 0 saturated carbocycles. The van der Waals surface area contributed by atoms with Crippen molar-refractivity contribution in [3.63, 3.8) is 0 Å². The second-order valence-electron chi connectivity index (χ2n) is 6.43. The Balaban J connectivity index is 2.58. The fourth-order valence-electron chi connectivity index (χ4n) is 1.44. The number of amides is 1. The summed E-state index contributed by atoms with van der Waals surface area (Å²) in [5.41, 5.74) is -0.422. The molecule has 5 heteroatoms. The van der Waals surface area contributed by atoms with Gasteiger partial charge in [0.05, 0.1) is 0 Å². The summed E-state index contributed by atoms with van der Waals surface area (Å²) in [5, 5.41) is 6.82. The first-order valence-corrected chi connectivity index (χ1v) is 6.83. The van der Waals surface area contributed by atoms with Crippen LogP contribution in [0.4, 0.5) is 0 Å². The van der Waals surface area contributed by atoms with E-state index in [-0.39, 0.29) is 11.9 Å². The zero-order chi connectivity index (χ0) is 14.6. The second kappa shape index (κ2) is 6.17. The van der Waals surface area contributed by atoms with Gasteiger partial charge in [0.25, 0.3) is 0 Å². The third kappa shape index (κ3) is 5.01. The highest BCUT2D eigenvalue weighted by Gasteiger charge is 2.25. The lowest BCUT2D eigenvalue weighted by Gasteiger charge is -2.19. The van der Waals surface area contributed by atoms with Crippen LogP contribution in [-0.2, 0) is 11.2 Å². The molecular formula is C14H25N3O2. The predicted octanol–water partition coefficient (Wildman–Crippen LogP) is 2.88. The molecule has 0 radical (unpaired) electrons. The minimum Gasteiger partial charge on any atom is -0.344 e. The number of hydrogen-bond donors (Lipinski definition) is 1. The summed E-state index contributed by atoms with van der Waals surface area (Å²) in [6.07, 6.45) is 1.84. The van der Waals surface area contributed by atoms with Gasteiger partial charge < -0.3 is 9.84 Å². The van der Waals surface area contributed by atoms with E-state index >= 15 is 0 Å². The molecular weight excluding hydrogens is 242 g/mol. The molecule has 1 N–H and O–H groups in total. The third-order valence-corrected chi connectivity index (χ3v) is 2.83. The van der Waals surface area contributed by atoms with E-state index in [1.807, 2.05) is 27.7 Å². The first kappa shape index (κ1) is 15.7. The van der Waals surface area contributed by atoms with Gasteiger partial charge in [-0.2, -0.15) is 4.98 Å². The van der Waals surface area contributed by atoms with Gasteiger partial charge in [-0.3, -0.25) is 4.79 Å². The highest BCUT2D eigenvalue weighted by molar-refractivity contribution is 5.81. The van der Waals surface area contributed by atoms with Crippen LogP contribution in [0.5, 0.6) is 0 Å². The van der Waals surface area contributed by atoms with Crippen molar-refractivity contribution in [3.8, 4) is 0 Å². The van der Waals surface area contributed by atoms with Gasteiger partial charge in [0, 0.05) is 11.8 Å². The largest absolute Gasteiger partial charge is 0.344 e. The van der Waals surface area contributed by atoms with Crippen molar-refractivity contribution in [2.75, 3.05) is 0 Å². The van der Waals surface area contributed by atoms with Crippen LogP contribution in [0, 0.1) is 11.3 Å². The van der Waals surface area contributed by atoms with Gasteiger partial charge in [-0.05, 0) is 19.3 Å². The zero-order valence-electron chi connectivity index (χ0n) is 12.8. The maximum atomic E-state index is 11.9. The second-order valence-corrected chi connectivity index (χ2v) is 6.43. The minimum atomic E-state index is -0.422. The molecule has 19 heavy (non-hydrogen) atoms.